The molecule has 0 N–H and O–H groups in total. The van der Waals surface area contributed by atoms with Crippen molar-refractivity contribution in [3.63, 3.8) is 0 Å². The van der Waals surface area contributed by atoms with E-state index in [2.05, 4.69) is 15.1 Å². The average molecular weight is 362 g/mol. The van der Waals surface area contributed by atoms with Crippen molar-refractivity contribution in [1.29, 1.82) is 0 Å². The maximum absolute atomic E-state index is 12.5. The number of rotatable bonds is 4. The number of fused-ring (bicyclic) bond motifs is 1. The minimum atomic E-state index is 0.0116. The summed E-state index contributed by atoms with van der Waals surface area (Å²) in [5.74, 6) is 1.62. The van der Waals surface area contributed by atoms with Gasteiger partial charge in [-0.2, -0.15) is 5.10 Å². The molecule has 2 heterocycles. The molecule has 0 spiro atoms. The molecule has 6 nitrogen and oxygen atoms in total. The van der Waals surface area contributed by atoms with E-state index in [1.54, 1.807) is 0 Å². The van der Waals surface area contributed by atoms with Crippen molar-refractivity contribution < 1.29 is 9.53 Å². The van der Waals surface area contributed by atoms with Crippen LogP contribution in [-0.4, -0.2) is 53.8 Å². The van der Waals surface area contributed by atoms with Gasteiger partial charge in [-0.25, -0.2) is 0 Å². The van der Waals surface area contributed by atoms with Crippen LogP contribution in [0.4, 0.5) is 5.82 Å². The van der Waals surface area contributed by atoms with Gasteiger partial charge in [0.1, 0.15) is 5.75 Å². The lowest BCUT2D eigenvalue weighted by Crippen LogP contribution is -2.50. The fourth-order valence-electron chi connectivity index (χ4n) is 3.30. The molecule has 0 atom stereocenters. The smallest absolute Gasteiger partial charge is 0.260 e. The van der Waals surface area contributed by atoms with Crippen LogP contribution in [-0.2, 0) is 4.79 Å². The first-order chi connectivity index (χ1) is 13.2. The third kappa shape index (κ3) is 3.84. The molecule has 0 aliphatic carbocycles. The first-order valence-corrected chi connectivity index (χ1v) is 9.14. The van der Waals surface area contributed by atoms with Gasteiger partial charge in [0.25, 0.3) is 5.91 Å². The lowest BCUT2D eigenvalue weighted by Gasteiger charge is -2.35. The number of benzene rings is 2. The highest BCUT2D eigenvalue weighted by Gasteiger charge is 2.22. The number of anilines is 1. The third-order valence-electron chi connectivity index (χ3n) is 4.84. The van der Waals surface area contributed by atoms with Crippen molar-refractivity contribution in [2.45, 2.75) is 6.92 Å². The first-order valence-electron chi connectivity index (χ1n) is 9.14. The van der Waals surface area contributed by atoms with Crippen LogP contribution in [0.2, 0.25) is 0 Å². The lowest BCUT2D eigenvalue weighted by molar-refractivity contribution is -0.133. The molecule has 0 saturated carbocycles. The number of aromatic nitrogens is 2. The van der Waals surface area contributed by atoms with Crippen molar-refractivity contribution in [3.05, 3.63) is 60.3 Å². The number of carbonyl (C=O) groups is 1. The minimum Gasteiger partial charge on any atom is -0.483 e. The van der Waals surface area contributed by atoms with E-state index in [0.29, 0.717) is 13.1 Å². The summed E-state index contributed by atoms with van der Waals surface area (Å²) in [6.07, 6.45) is 0. The van der Waals surface area contributed by atoms with Crippen LogP contribution in [0.3, 0.4) is 0 Å². The van der Waals surface area contributed by atoms with Gasteiger partial charge in [0.15, 0.2) is 12.4 Å². The zero-order chi connectivity index (χ0) is 18.6. The van der Waals surface area contributed by atoms with Crippen molar-refractivity contribution in [2.75, 3.05) is 37.7 Å². The van der Waals surface area contributed by atoms with Gasteiger partial charge in [-0.3, -0.25) is 4.79 Å². The Kier molecular flexibility index (Phi) is 4.87. The molecule has 1 aliphatic heterocycles. The Labute approximate surface area is 158 Å². The lowest BCUT2D eigenvalue weighted by atomic mass is 10.1. The van der Waals surface area contributed by atoms with E-state index < -0.39 is 0 Å². The van der Waals surface area contributed by atoms with E-state index >= 15 is 0 Å². The summed E-state index contributed by atoms with van der Waals surface area (Å²) >= 11 is 0. The third-order valence-corrected chi connectivity index (χ3v) is 4.84. The van der Waals surface area contributed by atoms with Crippen molar-refractivity contribution in [3.8, 4) is 5.75 Å². The first kappa shape index (κ1) is 17.3. The molecule has 6 heteroatoms. The average Bonchev–Trinajstić information content (AvgIpc) is 2.72. The molecule has 27 heavy (non-hydrogen) atoms. The summed E-state index contributed by atoms with van der Waals surface area (Å²) in [7, 11) is 0. The topological polar surface area (TPSA) is 58.6 Å². The summed E-state index contributed by atoms with van der Waals surface area (Å²) in [5.41, 5.74) is 0.901. The highest BCUT2D eigenvalue weighted by atomic mass is 16.5. The minimum absolute atomic E-state index is 0.0116. The quantitative estimate of drug-likeness (QED) is 0.714. The Morgan fingerprint density at radius 1 is 0.963 bits per heavy atom. The number of piperazine rings is 1. The van der Waals surface area contributed by atoms with Crippen molar-refractivity contribution in [2.24, 2.45) is 0 Å². The Morgan fingerprint density at radius 3 is 2.52 bits per heavy atom. The summed E-state index contributed by atoms with van der Waals surface area (Å²) in [5, 5.41) is 10.5. The molecule has 0 unspecified atom stereocenters. The number of carbonyl (C=O) groups excluding carboxylic acids is 1. The number of ether oxygens (including phenoxy) is 1. The molecular formula is C21H22N4O2. The fraction of sp³-hybridized carbons (Fsp3) is 0.286. The van der Waals surface area contributed by atoms with Gasteiger partial charge in [0.2, 0.25) is 0 Å². The summed E-state index contributed by atoms with van der Waals surface area (Å²) in [6.45, 7) is 4.79. The molecule has 1 aliphatic rings. The zero-order valence-electron chi connectivity index (χ0n) is 15.3. The van der Waals surface area contributed by atoms with Crippen LogP contribution in [0.25, 0.3) is 10.8 Å². The second kappa shape index (κ2) is 7.61. The molecule has 2 aromatic carbocycles. The van der Waals surface area contributed by atoms with Crippen molar-refractivity contribution >= 4 is 22.5 Å². The molecule has 1 amide bonds. The fourth-order valence-corrected chi connectivity index (χ4v) is 3.30. The number of hydrogen-bond donors (Lipinski definition) is 0. The second-order valence-electron chi connectivity index (χ2n) is 6.67. The van der Waals surface area contributed by atoms with Crippen LogP contribution >= 0.6 is 0 Å². The molecular weight excluding hydrogens is 340 g/mol. The summed E-state index contributed by atoms with van der Waals surface area (Å²) < 4.78 is 5.83. The van der Waals surface area contributed by atoms with Gasteiger partial charge in [-0.15, -0.1) is 5.10 Å². The number of aryl methyl sites for hydroxylation is 1. The van der Waals surface area contributed by atoms with Gasteiger partial charge >= 0.3 is 0 Å². The SMILES string of the molecule is Cc1ccc(N2CCN(C(=O)COc3cccc4ccccc34)CC2)nn1. The number of amides is 1. The van der Waals surface area contributed by atoms with Gasteiger partial charge in [0, 0.05) is 31.6 Å². The van der Waals surface area contributed by atoms with Gasteiger partial charge in [-0.1, -0.05) is 36.4 Å². The molecule has 138 valence electrons. The predicted octanol–water partition coefficient (Wildman–Crippen LogP) is 2.67. The molecule has 0 radical (unpaired) electrons. The van der Waals surface area contributed by atoms with Crippen LogP contribution in [0.1, 0.15) is 5.69 Å². The van der Waals surface area contributed by atoms with E-state index in [-0.39, 0.29) is 12.5 Å². The molecule has 1 fully saturated rings. The highest BCUT2D eigenvalue weighted by Crippen LogP contribution is 2.25. The van der Waals surface area contributed by atoms with E-state index in [9.17, 15) is 4.79 Å². The van der Waals surface area contributed by atoms with Crippen LogP contribution in [0.5, 0.6) is 5.75 Å². The van der Waals surface area contributed by atoms with Gasteiger partial charge in [0.05, 0.1) is 5.69 Å². The highest BCUT2D eigenvalue weighted by molar-refractivity contribution is 5.88. The van der Waals surface area contributed by atoms with E-state index in [0.717, 1.165) is 41.1 Å². The Morgan fingerprint density at radius 2 is 1.74 bits per heavy atom. The van der Waals surface area contributed by atoms with E-state index in [1.807, 2.05) is 66.4 Å². The predicted molar refractivity (Wildman–Crippen MR) is 105 cm³/mol. The molecule has 0 bridgehead atoms. The Hall–Kier alpha value is -3.15. The van der Waals surface area contributed by atoms with Crippen LogP contribution in [0.15, 0.2) is 54.6 Å². The maximum Gasteiger partial charge on any atom is 0.260 e. The second-order valence-corrected chi connectivity index (χ2v) is 6.67. The molecule has 1 aromatic heterocycles. The van der Waals surface area contributed by atoms with Gasteiger partial charge < -0.3 is 14.5 Å². The van der Waals surface area contributed by atoms with E-state index in [4.69, 9.17) is 4.74 Å². The summed E-state index contributed by atoms with van der Waals surface area (Å²) in [6, 6.07) is 17.8. The molecule has 4 rings (SSSR count). The molecule has 3 aromatic rings. The van der Waals surface area contributed by atoms with Crippen LogP contribution in [0, 0.1) is 6.92 Å². The van der Waals surface area contributed by atoms with E-state index in [1.165, 1.54) is 0 Å². The summed E-state index contributed by atoms with van der Waals surface area (Å²) in [4.78, 5) is 16.6. The normalized spacial score (nSPS) is 14.4. The largest absolute Gasteiger partial charge is 0.483 e. The molecule has 1 saturated heterocycles. The zero-order valence-corrected chi connectivity index (χ0v) is 15.3. The standard InChI is InChI=1S/C21H22N4O2/c1-16-9-10-20(23-22-16)24-11-13-25(14-12-24)21(26)15-27-19-8-4-6-17-5-2-3-7-18(17)19/h2-10H,11-15H2,1H3. The Balaban J connectivity index is 1.34. The van der Waals surface area contributed by atoms with Gasteiger partial charge in [-0.05, 0) is 30.5 Å². The Bertz CT molecular complexity index is 929. The van der Waals surface area contributed by atoms with Crippen LogP contribution < -0.4 is 9.64 Å². The number of nitrogens with zero attached hydrogens (tertiary/aromatic N) is 4. The number of hydrogen-bond acceptors (Lipinski definition) is 5. The maximum atomic E-state index is 12.5. The monoisotopic (exact) mass is 362 g/mol. The van der Waals surface area contributed by atoms with Crippen molar-refractivity contribution in [1.82, 2.24) is 15.1 Å².